The Balaban J connectivity index is 1.31. The molecule has 4 rings (SSSR count). The summed E-state index contributed by atoms with van der Waals surface area (Å²) in [6.07, 6.45) is 2.94. The number of carbonyl (C=O) groups excluding carboxylic acids is 1. The van der Waals surface area contributed by atoms with Crippen LogP contribution in [0.2, 0.25) is 0 Å². The second-order valence-electron chi connectivity index (χ2n) is 8.75. The summed E-state index contributed by atoms with van der Waals surface area (Å²) in [6.45, 7) is 4.35. The van der Waals surface area contributed by atoms with E-state index in [1.807, 2.05) is 17.9 Å². The zero-order valence-corrected chi connectivity index (χ0v) is 17.6. The minimum Gasteiger partial charge on any atom is -0.376 e. The van der Waals surface area contributed by atoms with Gasteiger partial charge in [-0.15, -0.1) is 0 Å². The number of aromatic nitrogens is 2. The standard InChI is InChI=1S/C21H32F2N4O3/c1-14-9-19-24-17(10-18(21(22)23)27(19)25-14)15-5-4-7-26(11-15)20(28)13-29-12-16-6-2-3-8-30-16/h9,15-18,21,24H,2-8,10-13H2,1H3/t15-,16+,17-,18+/m0/s1. The van der Waals surface area contributed by atoms with Crippen LogP contribution in [0.25, 0.3) is 0 Å². The summed E-state index contributed by atoms with van der Waals surface area (Å²) in [5, 5.41) is 7.63. The van der Waals surface area contributed by atoms with Gasteiger partial charge in [-0.2, -0.15) is 5.10 Å². The van der Waals surface area contributed by atoms with E-state index in [0.29, 0.717) is 31.9 Å². The number of carbonyl (C=O) groups is 1. The number of hydrogen-bond donors (Lipinski definition) is 1. The third-order valence-corrected chi connectivity index (χ3v) is 6.47. The molecule has 168 valence electrons. The lowest BCUT2D eigenvalue weighted by atomic mass is 9.86. The number of amides is 1. The highest BCUT2D eigenvalue weighted by Crippen LogP contribution is 2.36. The van der Waals surface area contributed by atoms with Gasteiger partial charge in [0.15, 0.2) is 0 Å². The minimum atomic E-state index is -2.47. The summed E-state index contributed by atoms with van der Waals surface area (Å²) in [4.78, 5) is 14.5. The quantitative estimate of drug-likeness (QED) is 0.757. The number of hydrogen-bond acceptors (Lipinski definition) is 5. The summed E-state index contributed by atoms with van der Waals surface area (Å²) in [5.74, 6) is 0.750. The van der Waals surface area contributed by atoms with Crippen molar-refractivity contribution in [1.82, 2.24) is 14.7 Å². The molecule has 2 fully saturated rings. The van der Waals surface area contributed by atoms with Crippen LogP contribution in [0, 0.1) is 12.8 Å². The van der Waals surface area contributed by atoms with Crippen molar-refractivity contribution in [2.45, 2.75) is 70.1 Å². The smallest absolute Gasteiger partial charge is 0.260 e. The van der Waals surface area contributed by atoms with E-state index < -0.39 is 12.5 Å². The molecule has 0 aliphatic carbocycles. The first-order valence-electron chi connectivity index (χ1n) is 11.1. The molecule has 9 heteroatoms. The predicted molar refractivity (Wildman–Crippen MR) is 108 cm³/mol. The van der Waals surface area contributed by atoms with Crippen LogP contribution in [-0.2, 0) is 14.3 Å². The SMILES string of the molecule is Cc1cc2n(n1)[C@@H](C(F)F)C[C@@H]([C@H]1CCCN(C(=O)COC[C@H]3CCCCO3)C1)N2. The second-order valence-corrected chi connectivity index (χ2v) is 8.75. The van der Waals surface area contributed by atoms with Crippen LogP contribution in [0.15, 0.2) is 6.07 Å². The molecule has 0 radical (unpaired) electrons. The summed E-state index contributed by atoms with van der Waals surface area (Å²) in [7, 11) is 0. The Morgan fingerprint density at radius 1 is 1.37 bits per heavy atom. The Kier molecular flexibility index (Phi) is 6.87. The van der Waals surface area contributed by atoms with Gasteiger partial charge in [0, 0.05) is 31.8 Å². The molecule has 1 aromatic heterocycles. The van der Waals surface area contributed by atoms with E-state index in [1.165, 1.54) is 4.68 Å². The van der Waals surface area contributed by atoms with Gasteiger partial charge >= 0.3 is 0 Å². The molecule has 1 N–H and O–H groups in total. The molecule has 2 saturated heterocycles. The minimum absolute atomic E-state index is 0.0300. The van der Waals surface area contributed by atoms with Crippen LogP contribution in [-0.4, -0.2) is 72.1 Å². The number of alkyl halides is 2. The lowest BCUT2D eigenvalue weighted by molar-refractivity contribution is -0.140. The zero-order valence-electron chi connectivity index (χ0n) is 17.6. The van der Waals surface area contributed by atoms with E-state index in [1.54, 1.807) is 0 Å². The fraction of sp³-hybridized carbons (Fsp3) is 0.810. The molecule has 4 heterocycles. The van der Waals surface area contributed by atoms with Crippen molar-refractivity contribution >= 4 is 11.7 Å². The summed E-state index contributed by atoms with van der Waals surface area (Å²) in [6, 6.07) is 0.790. The topological polar surface area (TPSA) is 68.6 Å². The van der Waals surface area contributed by atoms with Crippen molar-refractivity contribution < 1.29 is 23.0 Å². The molecule has 7 nitrogen and oxygen atoms in total. The fourth-order valence-corrected chi connectivity index (χ4v) is 4.88. The van der Waals surface area contributed by atoms with Crippen molar-refractivity contribution in [3.63, 3.8) is 0 Å². The van der Waals surface area contributed by atoms with Gasteiger partial charge in [0.25, 0.3) is 6.43 Å². The van der Waals surface area contributed by atoms with Crippen molar-refractivity contribution in [3.05, 3.63) is 11.8 Å². The molecule has 30 heavy (non-hydrogen) atoms. The van der Waals surface area contributed by atoms with Crippen LogP contribution in [0.1, 0.15) is 50.3 Å². The molecule has 0 unspecified atom stereocenters. The molecule has 0 spiro atoms. The molecule has 0 saturated carbocycles. The van der Waals surface area contributed by atoms with Crippen molar-refractivity contribution in [2.24, 2.45) is 5.92 Å². The van der Waals surface area contributed by atoms with Crippen molar-refractivity contribution in [3.8, 4) is 0 Å². The Morgan fingerprint density at radius 3 is 3.00 bits per heavy atom. The largest absolute Gasteiger partial charge is 0.376 e. The predicted octanol–water partition coefficient (Wildman–Crippen LogP) is 3.01. The number of halogens is 2. The number of rotatable bonds is 6. The van der Waals surface area contributed by atoms with Gasteiger partial charge in [-0.1, -0.05) is 0 Å². The first-order chi connectivity index (χ1) is 14.5. The van der Waals surface area contributed by atoms with Crippen LogP contribution < -0.4 is 5.32 Å². The van der Waals surface area contributed by atoms with Crippen LogP contribution >= 0.6 is 0 Å². The van der Waals surface area contributed by atoms with Gasteiger partial charge in [0.05, 0.1) is 18.4 Å². The Morgan fingerprint density at radius 2 is 2.23 bits per heavy atom. The van der Waals surface area contributed by atoms with Gasteiger partial charge in [0.1, 0.15) is 18.5 Å². The maximum Gasteiger partial charge on any atom is 0.260 e. The molecule has 1 aromatic rings. The zero-order chi connectivity index (χ0) is 21.1. The number of nitrogens with zero attached hydrogens (tertiary/aromatic N) is 3. The second kappa shape index (κ2) is 9.60. The van der Waals surface area contributed by atoms with E-state index in [9.17, 15) is 13.6 Å². The summed E-state index contributed by atoms with van der Waals surface area (Å²) in [5.41, 5.74) is 0.725. The number of ether oxygens (including phenoxy) is 2. The van der Waals surface area contributed by atoms with Gasteiger partial charge in [0.2, 0.25) is 5.91 Å². The average molecular weight is 427 g/mol. The number of anilines is 1. The molecule has 0 bridgehead atoms. The number of nitrogens with one attached hydrogen (secondary N) is 1. The van der Waals surface area contributed by atoms with Gasteiger partial charge in [-0.05, 0) is 51.4 Å². The molecular formula is C21H32F2N4O3. The first kappa shape index (κ1) is 21.5. The molecular weight excluding hydrogens is 394 g/mol. The first-order valence-corrected chi connectivity index (χ1v) is 11.1. The average Bonchev–Trinajstić information content (AvgIpc) is 3.13. The lowest BCUT2D eigenvalue weighted by Gasteiger charge is -2.41. The number of fused-ring (bicyclic) bond motifs is 1. The summed E-state index contributed by atoms with van der Waals surface area (Å²) < 4.78 is 40.0. The van der Waals surface area contributed by atoms with Crippen LogP contribution in [0.4, 0.5) is 14.6 Å². The molecule has 4 atom stereocenters. The Hall–Kier alpha value is -1.74. The number of piperidine rings is 1. The van der Waals surface area contributed by atoms with E-state index in [-0.39, 0.29) is 30.6 Å². The third-order valence-electron chi connectivity index (χ3n) is 6.47. The number of aryl methyl sites for hydroxylation is 1. The molecule has 0 aromatic carbocycles. The van der Waals surface area contributed by atoms with Gasteiger partial charge in [-0.25, -0.2) is 13.5 Å². The van der Waals surface area contributed by atoms with Crippen LogP contribution in [0.5, 0.6) is 0 Å². The molecule has 1 amide bonds. The van der Waals surface area contributed by atoms with E-state index >= 15 is 0 Å². The normalized spacial score (nSPS) is 29.5. The Labute approximate surface area is 176 Å². The van der Waals surface area contributed by atoms with Gasteiger partial charge < -0.3 is 19.7 Å². The highest BCUT2D eigenvalue weighted by atomic mass is 19.3. The van der Waals surface area contributed by atoms with E-state index in [2.05, 4.69) is 10.4 Å². The maximum absolute atomic E-state index is 13.7. The summed E-state index contributed by atoms with van der Waals surface area (Å²) >= 11 is 0. The van der Waals surface area contributed by atoms with E-state index in [0.717, 1.165) is 44.4 Å². The van der Waals surface area contributed by atoms with E-state index in [4.69, 9.17) is 9.47 Å². The monoisotopic (exact) mass is 426 g/mol. The third kappa shape index (κ3) is 4.94. The lowest BCUT2D eigenvalue weighted by Crippen LogP contribution is -2.49. The molecule has 3 aliphatic rings. The highest BCUT2D eigenvalue weighted by molar-refractivity contribution is 5.77. The number of likely N-dealkylation sites (tertiary alicyclic amines) is 1. The maximum atomic E-state index is 13.7. The Bertz CT molecular complexity index is 723. The van der Waals surface area contributed by atoms with Crippen molar-refractivity contribution in [1.29, 1.82) is 0 Å². The highest BCUT2D eigenvalue weighted by Gasteiger charge is 2.38. The van der Waals surface area contributed by atoms with Crippen molar-refractivity contribution in [2.75, 3.05) is 38.2 Å². The fourth-order valence-electron chi connectivity index (χ4n) is 4.88. The van der Waals surface area contributed by atoms with Crippen LogP contribution in [0.3, 0.4) is 0 Å². The molecule has 3 aliphatic heterocycles. The van der Waals surface area contributed by atoms with Gasteiger partial charge in [-0.3, -0.25) is 4.79 Å².